The lowest BCUT2D eigenvalue weighted by atomic mass is 9.89. The maximum Gasteiger partial charge on any atom is 0.243 e. The van der Waals surface area contributed by atoms with E-state index in [4.69, 9.17) is 9.84 Å². The molecule has 1 aromatic heterocycles. The van der Waals surface area contributed by atoms with Crippen LogP contribution < -0.4 is 10.2 Å². The van der Waals surface area contributed by atoms with E-state index in [-0.39, 0.29) is 11.8 Å². The smallest absolute Gasteiger partial charge is 0.243 e. The Kier molecular flexibility index (Phi) is 7.33. The minimum atomic E-state index is 0.00961. The topological polar surface area (TPSA) is 68.5 Å². The van der Waals surface area contributed by atoms with Crippen LogP contribution in [0.4, 0.5) is 0 Å². The Balaban J connectivity index is 1.57. The Hall–Kier alpha value is -3.41. The molecule has 0 aliphatic heterocycles. The lowest BCUT2D eigenvalue weighted by Gasteiger charge is -2.19. The molecule has 0 atom stereocenters. The first-order chi connectivity index (χ1) is 15.7. The Morgan fingerprint density at radius 3 is 2.59 bits per heavy atom. The number of para-hydroxylation sites is 1. The molecule has 166 valence electrons. The SMILES string of the molecule is CCCOc1ccc(-c2nn(-c3ccccc3)cc2C=NNC(=O)C2CCCCC2)cc1. The summed E-state index contributed by atoms with van der Waals surface area (Å²) in [5.74, 6) is 0.923. The average Bonchev–Trinajstić information content (AvgIpc) is 3.28. The first kappa shape index (κ1) is 21.8. The van der Waals surface area contributed by atoms with E-state index in [2.05, 4.69) is 17.5 Å². The summed E-state index contributed by atoms with van der Waals surface area (Å²) in [6.45, 7) is 2.78. The van der Waals surface area contributed by atoms with Crippen molar-refractivity contribution in [3.63, 3.8) is 0 Å². The van der Waals surface area contributed by atoms with E-state index in [0.717, 1.165) is 60.4 Å². The summed E-state index contributed by atoms with van der Waals surface area (Å²) in [5.41, 5.74) is 6.29. The number of nitrogens with zero attached hydrogens (tertiary/aromatic N) is 3. The van der Waals surface area contributed by atoms with Gasteiger partial charge in [0.25, 0.3) is 0 Å². The van der Waals surface area contributed by atoms with Gasteiger partial charge in [-0.25, -0.2) is 10.1 Å². The van der Waals surface area contributed by atoms with Gasteiger partial charge >= 0.3 is 0 Å². The molecule has 0 saturated heterocycles. The largest absolute Gasteiger partial charge is 0.494 e. The summed E-state index contributed by atoms with van der Waals surface area (Å²) in [6.07, 6.45) is 9.94. The molecule has 1 heterocycles. The zero-order valence-corrected chi connectivity index (χ0v) is 18.5. The number of hydrogen-bond donors (Lipinski definition) is 1. The number of ether oxygens (including phenoxy) is 1. The van der Waals surface area contributed by atoms with E-state index in [1.807, 2.05) is 65.5 Å². The van der Waals surface area contributed by atoms with Gasteiger partial charge in [-0.15, -0.1) is 0 Å². The normalized spacial score (nSPS) is 14.5. The summed E-state index contributed by atoms with van der Waals surface area (Å²) < 4.78 is 7.53. The molecule has 6 nitrogen and oxygen atoms in total. The van der Waals surface area contributed by atoms with Gasteiger partial charge in [0.1, 0.15) is 11.4 Å². The van der Waals surface area contributed by atoms with Crippen LogP contribution in [-0.4, -0.2) is 28.5 Å². The van der Waals surface area contributed by atoms with Gasteiger partial charge in [0, 0.05) is 23.2 Å². The number of amides is 1. The van der Waals surface area contributed by atoms with Crippen LogP contribution in [0.2, 0.25) is 0 Å². The van der Waals surface area contributed by atoms with Gasteiger partial charge in [-0.2, -0.15) is 10.2 Å². The first-order valence-electron chi connectivity index (χ1n) is 11.5. The van der Waals surface area contributed by atoms with E-state index in [1.54, 1.807) is 6.21 Å². The summed E-state index contributed by atoms with van der Waals surface area (Å²) in [6, 6.07) is 17.9. The monoisotopic (exact) mass is 430 g/mol. The molecular formula is C26H30N4O2. The van der Waals surface area contributed by atoms with Crippen LogP contribution >= 0.6 is 0 Å². The lowest BCUT2D eigenvalue weighted by Crippen LogP contribution is -2.28. The molecule has 0 spiro atoms. The van der Waals surface area contributed by atoms with Gasteiger partial charge in [-0.3, -0.25) is 4.79 Å². The molecular weight excluding hydrogens is 400 g/mol. The van der Waals surface area contributed by atoms with Crippen molar-refractivity contribution in [2.45, 2.75) is 45.4 Å². The fourth-order valence-corrected chi connectivity index (χ4v) is 3.97. The number of aromatic nitrogens is 2. The third-order valence-electron chi connectivity index (χ3n) is 5.72. The Labute approximate surface area is 189 Å². The predicted octanol–water partition coefficient (Wildman–Crippen LogP) is 5.36. The van der Waals surface area contributed by atoms with Crippen molar-refractivity contribution in [2.75, 3.05) is 6.61 Å². The van der Waals surface area contributed by atoms with Gasteiger partial charge in [-0.1, -0.05) is 44.4 Å². The zero-order valence-electron chi connectivity index (χ0n) is 18.5. The van der Waals surface area contributed by atoms with E-state index < -0.39 is 0 Å². The van der Waals surface area contributed by atoms with Crippen LogP contribution in [0.3, 0.4) is 0 Å². The predicted molar refractivity (Wildman–Crippen MR) is 127 cm³/mol. The van der Waals surface area contributed by atoms with Crippen molar-refractivity contribution in [3.8, 4) is 22.7 Å². The van der Waals surface area contributed by atoms with E-state index in [9.17, 15) is 4.79 Å². The fraction of sp³-hybridized carbons (Fsp3) is 0.346. The van der Waals surface area contributed by atoms with Crippen LogP contribution in [0, 0.1) is 5.92 Å². The van der Waals surface area contributed by atoms with Crippen molar-refractivity contribution in [3.05, 3.63) is 66.4 Å². The molecule has 3 aromatic rings. The molecule has 2 aromatic carbocycles. The van der Waals surface area contributed by atoms with Crippen molar-refractivity contribution in [1.82, 2.24) is 15.2 Å². The second-order valence-corrected chi connectivity index (χ2v) is 8.16. The molecule has 1 N–H and O–H groups in total. The molecule has 4 rings (SSSR count). The maximum atomic E-state index is 12.4. The maximum absolute atomic E-state index is 12.4. The standard InChI is InChI=1S/C26H30N4O2/c1-2-17-32-24-15-13-20(14-16-24)25-22(19-30(29-25)23-11-7-4-8-12-23)18-27-28-26(31)21-9-5-3-6-10-21/h4,7-8,11-16,18-19,21H,2-3,5-6,9-10,17H2,1H3,(H,28,31). The second-order valence-electron chi connectivity index (χ2n) is 8.16. The summed E-state index contributed by atoms with van der Waals surface area (Å²) >= 11 is 0. The number of carbonyl (C=O) groups excluding carboxylic acids is 1. The minimum Gasteiger partial charge on any atom is -0.494 e. The van der Waals surface area contributed by atoms with Crippen molar-refractivity contribution in [2.24, 2.45) is 11.0 Å². The van der Waals surface area contributed by atoms with Gasteiger partial charge in [0.05, 0.1) is 18.5 Å². The third-order valence-corrected chi connectivity index (χ3v) is 5.72. The number of benzene rings is 2. The third kappa shape index (κ3) is 5.44. The van der Waals surface area contributed by atoms with E-state index in [0.29, 0.717) is 6.61 Å². The first-order valence-corrected chi connectivity index (χ1v) is 11.5. The number of carbonyl (C=O) groups is 1. The molecule has 1 fully saturated rings. The summed E-state index contributed by atoms with van der Waals surface area (Å²) in [5, 5.41) is 9.07. The van der Waals surface area contributed by atoms with Crippen LogP contribution in [0.15, 0.2) is 65.9 Å². The molecule has 0 unspecified atom stereocenters. The zero-order chi connectivity index (χ0) is 22.2. The van der Waals surface area contributed by atoms with Crippen molar-refractivity contribution >= 4 is 12.1 Å². The lowest BCUT2D eigenvalue weighted by molar-refractivity contribution is -0.125. The molecule has 1 aliphatic rings. The fourth-order valence-electron chi connectivity index (χ4n) is 3.97. The molecule has 1 aliphatic carbocycles. The van der Waals surface area contributed by atoms with Crippen LogP contribution in [0.1, 0.15) is 51.0 Å². The molecule has 6 heteroatoms. The molecule has 0 bridgehead atoms. The van der Waals surface area contributed by atoms with Gasteiger partial charge in [0.2, 0.25) is 5.91 Å². The molecule has 32 heavy (non-hydrogen) atoms. The van der Waals surface area contributed by atoms with Crippen LogP contribution in [-0.2, 0) is 4.79 Å². The van der Waals surface area contributed by atoms with Crippen LogP contribution in [0.25, 0.3) is 16.9 Å². The van der Waals surface area contributed by atoms with E-state index in [1.165, 1.54) is 6.42 Å². The van der Waals surface area contributed by atoms with E-state index >= 15 is 0 Å². The number of hydrazone groups is 1. The molecule has 1 saturated carbocycles. The van der Waals surface area contributed by atoms with Crippen molar-refractivity contribution < 1.29 is 9.53 Å². The van der Waals surface area contributed by atoms with Crippen LogP contribution in [0.5, 0.6) is 5.75 Å². The highest BCUT2D eigenvalue weighted by atomic mass is 16.5. The number of nitrogens with one attached hydrogen (secondary N) is 1. The summed E-state index contributed by atoms with van der Waals surface area (Å²) in [7, 11) is 0. The average molecular weight is 431 g/mol. The molecule has 1 amide bonds. The van der Waals surface area contributed by atoms with Gasteiger partial charge < -0.3 is 4.74 Å². The second kappa shape index (κ2) is 10.8. The quantitative estimate of drug-likeness (QED) is 0.386. The number of hydrogen-bond acceptors (Lipinski definition) is 4. The highest BCUT2D eigenvalue weighted by Crippen LogP contribution is 2.26. The Morgan fingerprint density at radius 2 is 1.88 bits per heavy atom. The highest BCUT2D eigenvalue weighted by molar-refractivity contribution is 5.90. The van der Waals surface area contributed by atoms with Gasteiger partial charge in [0.15, 0.2) is 0 Å². The highest BCUT2D eigenvalue weighted by Gasteiger charge is 2.20. The van der Waals surface area contributed by atoms with Crippen molar-refractivity contribution in [1.29, 1.82) is 0 Å². The summed E-state index contributed by atoms with van der Waals surface area (Å²) in [4.78, 5) is 12.4. The minimum absolute atomic E-state index is 0.00961. The Bertz CT molecular complexity index is 1040. The Morgan fingerprint density at radius 1 is 1.12 bits per heavy atom. The number of rotatable bonds is 8. The molecule has 0 radical (unpaired) electrons. The van der Waals surface area contributed by atoms with Gasteiger partial charge in [-0.05, 0) is 55.7 Å².